The number of nitrogens with zero attached hydrogens (tertiary/aromatic N) is 2. The van der Waals surface area contributed by atoms with E-state index in [1.165, 1.54) is 16.1 Å². The third-order valence-electron chi connectivity index (χ3n) is 9.80. The molecule has 5 heteroatoms. The number of fused-ring (bicyclic) bond motifs is 7. The molecule has 2 N–H and O–H groups in total. The molecule has 0 spiro atoms. The molecule has 33 heavy (non-hydrogen) atoms. The second-order valence-electron chi connectivity index (χ2n) is 11.2. The van der Waals surface area contributed by atoms with E-state index in [0.29, 0.717) is 17.8 Å². The first-order valence-corrected chi connectivity index (χ1v) is 13.2. The van der Waals surface area contributed by atoms with E-state index in [2.05, 4.69) is 36.1 Å². The van der Waals surface area contributed by atoms with E-state index in [4.69, 9.17) is 11.4 Å². The van der Waals surface area contributed by atoms with Crippen LogP contribution >= 0.6 is 11.3 Å². The second-order valence-corrected chi connectivity index (χ2v) is 12.2. The lowest BCUT2D eigenvalue weighted by Gasteiger charge is -2.57. The fraction of sp³-hybridized carbons (Fsp3) is 0.571. The summed E-state index contributed by atoms with van der Waals surface area (Å²) in [6.45, 7) is 6.77. The van der Waals surface area contributed by atoms with Crippen LogP contribution in [0.25, 0.3) is 5.57 Å². The minimum absolute atomic E-state index is 0.146. The average molecular weight is 460 g/mol. The zero-order valence-corrected chi connectivity index (χ0v) is 20.6. The Bertz CT molecular complexity index is 1190. The number of aliphatic hydroxyl groups is 1. The van der Waals surface area contributed by atoms with Crippen molar-refractivity contribution in [2.75, 3.05) is 5.32 Å². The van der Waals surface area contributed by atoms with Crippen LogP contribution in [0, 0.1) is 47.9 Å². The molecule has 0 aliphatic heterocycles. The molecule has 0 aromatic carbocycles. The molecule has 172 valence electrons. The van der Waals surface area contributed by atoms with Gasteiger partial charge in [-0.2, -0.15) is 0 Å². The summed E-state index contributed by atoms with van der Waals surface area (Å²) in [7, 11) is 0. The molecule has 4 aliphatic carbocycles. The van der Waals surface area contributed by atoms with E-state index in [9.17, 15) is 5.11 Å². The van der Waals surface area contributed by atoms with Gasteiger partial charge in [0.05, 0.1) is 10.6 Å². The fourth-order valence-electron chi connectivity index (χ4n) is 7.90. The summed E-state index contributed by atoms with van der Waals surface area (Å²) >= 11 is 1.78. The molecule has 2 saturated carbocycles. The molecular formula is C28H33N3OS. The number of nitrogens with one attached hydrogen (secondary N) is 1. The average Bonchev–Trinajstić information content (AvgIpc) is 3.31. The van der Waals surface area contributed by atoms with Gasteiger partial charge in [-0.1, -0.05) is 43.2 Å². The maximum Gasteiger partial charge on any atom is 0.189 e. The van der Waals surface area contributed by atoms with Gasteiger partial charge in [0.15, 0.2) is 5.13 Å². The van der Waals surface area contributed by atoms with Crippen LogP contribution in [0.4, 0.5) is 10.9 Å². The van der Waals surface area contributed by atoms with Crippen molar-refractivity contribution in [1.29, 1.82) is 0 Å². The van der Waals surface area contributed by atoms with Crippen molar-refractivity contribution in [2.45, 2.75) is 71.3 Å². The zero-order valence-electron chi connectivity index (χ0n) is 19.8. The number of thiazole rings is 1. The monoisotopic (exact) mass is 459 g/mol. The minimum atomic E-state index is -0.935. The topological polar surface area (TPSA) is 58.0 Å². The van der Waals surface area contributed by atoms with E-state index in [0.717, 1.165) is 61.6 Å². The van der Waals surface area contributed by atoms with Crippen molar-refractivity contribution < 1.29 is 5.11 Å². The second kappa shape index (κ2) is 7.17. The first-order chi connectivity index (χ1) is 15.8. The van der Waals surface area contributed by atoms with Crippen LogP contribution < -0.4 is 5.32 Å². The largest absolute Gasteiger partial charge is 0.377 e. The summed E-state index contributed by atoms with van der Waals surface area (Å²) in [4.78, 5) is 10.9. The molecule has 0 bridgehead atoms. The Labute approximate surface area is 200 Å². The molecular weight excluding hydrogens is 426 g/mol. The van der Waals surface area contributed by atoms with Crippen molar-refractivity contribution in [1.82, 2.24) is 9.97 Å². The Morgan fingerprint density at radius 2 is 1.97 bits per heavy atom. The zero-order chi connectivity index (χ0) is 23.0. The van der Waals surface area contributed by atoms with Gasteiger partial charge in [-0.15, -0.1) is 6.42 Å². The Balaban J connectivity index is 1.33. The van der Waals surface area contributed by atoms with Crippen LogP contribution in [-0.4, -0.2) is 20.7 Å². The van der Waals surface area contributed by atoms with E-state index in [1.54, 1.807) is 11.3 Å². The Morgan fingerprint density at radius 1 is 1.15 bits per heavy atom. The van der Waals surface area contributed by atoms with Gasteiger partial charge >= 0.3 is 0 Å². The molecule has 2 fully saturated rings. The van der Waals surface area contributed by atoms with Crippen molar-refractivity contribution in [3.63, 3.8) is 0 Å². The molecule has 0 radical (unpaired) electrons. The van der Waals surface area contributed by atoms with Gasteiger partial charge in [-0.25, -0.2) is 9.97 Å². The lowest BCUT2D eigenvalue weighted by atomic mass is 9.47. The van der Waals surface area contributed by atoms with Gasteiger partial charge in [-0.05, 0) is 92.7 Å². The summed E-state index contributed by atoms with van der Waals surface area (Å²) in [6, 6.07) is 6.04. The lowest BCUT2D eigenvalue weighted by molar-refractivity contribution is -0.0886. The molecule has 0 saturated heterocycles. The van der Waals surface area contributed by atoms with E-state index >= 15 is 0 Å². The predicted molar refractivity (Wildman–Crippen MR) is 134 cm³/mol. The third-order valence-corrected chi connectivity index (χ3v) is 10.8. The Kier molecular flexibility index (Phi) is 4.64. The molecule has 0 unspecified atom stereocenters. The quantitative estimate of drug-likeness (QED) is 0.530. The van der Waals surface area contributed by atoms with Crippen LogP contribution in [0.2, 0.25) is 0 Å². The van der Waals surface area contributed by atoms with Crippen LogP contribution in [0.1, 0.15) is 68.6 Å². The van der Waals surface area contributed by atoms with Crippen LogP contribution in [-0.2, 0) is 6.42 Å². The summed E-state index contributed by atoms with van der Waals surface area (Å²) < 4.78 is 0. The Hall–Kier alpha value is -2.16. The van der Waals surface area contributed by atoms with E-state index in [1.807, 2.05) is 25.1 Å². The SMILES string of the molecule is C#C[C@]1(O)CC[C@H]2[C@@H]3CC=C4c5sc(Nc6cccc(C)n6)nc5CC[C@]4(C)[C@H]3CC[C@@]21C. The number of allylic oxidation sites excluding steroid dienone is 2. The van der Waals surface area contributed by atoms with Crippen molar-refractivity contribution in [3.05, 3.63) is 40.5 Å². The Morgan fingerprint density at radius 3 is 2.76 bits per heavy atom. The van der Waals surface area contributed by atoms with Crippen LogP contribution in [0.3, 0.4) is 0 Å². The molecule has 2 heterocycles. The molecule has 0 amide bonds. The van der Waals surface area contributed by atoms with E-state index in [-0.39, 0.29) is 10.8 Å². The third kappa shape index (κ3) is 2.93. The molecule has 4 aliphatic rings. The van der Waals surface area contributed by atoms with Gasteiger partial charge in [-0.3, -0.25) is 0 Å². The molecule has 6 atom stereocenters. The van der Waals surface area contributed by atoms with Crippen molar-refractivity contribution in [3.8, 4) is 12.3 Å². The summed E-state index contributed by atoms with van der Waals surface area (Å²) in [5, 5.41) is 15.6. The van der Waals surface area contributed by atoms with Gasteiger partial charge in [0.1, 0.15) is 11.4 Å². The smallest absolute Gasteiger partial charge is 0.189 e. The van der Waals surface area contributed by atoms with Gasteiger partial charge < -0.3 is 10.4 Å². The summed E-state index contributed by atoms with van der Waals surface area (Å²) in [6.07, 6.45) is 15.6. The standard InChI is InChI=1S/C28H33N3OS/c1-5-28(32)16-12-20-18-9-10-21-24-22(13-14-26(21,3)19(18)11-15-27(20,28)4)30-25(33-24)31-23-8-6-7-17(2)29-23/h1,6-8,10,18-20,32H,9,11-16H2,2-4H3,(H,29,30,31)/t18-,19+,20+,26-,27+,28+/m1/s1. The number of terminal acetylenes is 1. The van der Waals surface area contributed by atoms with Gasteiger partial charge in [0, 0.05) is 11.1 Å². The molecule has 2 aromatic rings. The first kappa shape index (κ1) is 21.4. The number of aromatic nitrogens is 2. The highest BCUT2D eigenvalue weighted by atomic mass is 32.1. The number of anilines is 2. The van der Waals surface area contributed by atoms with Gasteiger partial charge in [0.25, 0.3) is 0 Å². The first-order valence-electron chi connectivity index (χ1n) is 12.4. The maximum atomic E-state index is 11.2. The number of rotatable bonds is 2. The highest BCUT2D eigenvalue weighted by molar-refractivity contribution is 7.16. The maximum absolute atomic E-state index is 11.2. The summed E-state index contributed by atoms with van der Waals surface area (Å²) in [5.41, 5.74) is 2.85. The number of aryl methyl sites for hydroxylation is 2. The van der Waals surface area contributed by atoms with Crippen LogP contribution in [0.5, 0.6) is 0 Å². The highest BCUT2D eigenvalue weighted by Gasteiger charge is 2.63. The lowest BCUT2D eigenvalue weighted by Crippen LogP contribution is -2.53. The number of hydrogen-bond donors (Lipinski definition) is 2. The fourth-order valence-corrected chi connectivity index (χ4v) is 9.10. The van der Waals surface area contributed by atoms with E-state index < -0.39 is 5.60 Å². The molecule has 6 rings (SSSR count). The minimum Gasteiger partial charge on any atom is -0.377 e. The normalized spacial score (nSPS) is 38.9. The number of pyridine rings is 1. The molecule has 2 aromatic heterocycles. The van der Waals surface area contributed by atoms with Crippen LogP contribution in [0.15, 0.2) is 24.3 Å². The highest BCUT2D eigenvalue weighted by Crippen LogP contribution is 2.68. The molecule has 4 nitrogen and oxygen atoms in total. The van der Waals surface area contributed by atoms with Crippen molar-refractivity contribution in [2.24, 2.45) is 28.6 Å². The van der Waals surface area contributed by atoms with Crippen molar-refractivity contribution >= 4 is 27.9 Å². The summed E-state index contributed by atoms with van der Waals surface area (Å²) in [5.74, 6) is 5.44. The predicted octanol–water partition coefficient (Wildman–Crippen LogP) is 6.14. The van der Waals surface area contributed by atoms with Gasteiger partial charge in [0.2, 0.25) is 0 Å². The number of hydrogen-bond acceptors (Lipinski definition) is 5.